The topological polar surface area (TPSA) is 68.3 Å². The van der Waals surface area contributed by atoms with Crippen LogP contribution in [-0.4, -0.2) is 36.2 Å². The van der Waals surface area contributed by atoms with Crippen molar-refractivity contribution >= 4 is 27.8 Å². The number of rotatable bonds is 6. The summed E-state index contributed by atoms with van der Waals surface area (Å²) in [6.07, 6.45) is 1.67. The van der Waals surface area contributed by atoms with Gasteiger partial charge in [-0.05, 0) is 35.9 Å². The predicted octanol–water partition coefficient (Wildman–Crippen LogP) is 2.55. The largest absolute Gasteiger partial charge is 0.493 e. The van der Waals surface area contributed by atoms with Gasteiger partial charge in [-0.15, -0.1) is 5.10 Å². The van der Waals surface area contributed by atoms with Crippen molar-refractivity contribution in [3.05, 3.63) is 52.8 Å². The zero-order valence-electron chi connectivity index (χ0n) is 14.0. The lowest BCUT2D eigenvalue weighted by atomic mass is 10.2. The second-order valence-electron chi connectivity index (χ2n) is 5.24. The third-order valence-corrected chi connectivity index (χ3v) is 4.70. The summed E-state index contributed by atoms with van der Waals surface area (Å²) in [5, 5.41) is 17.3. The smallest absolute Gasteiger partial charge is 0.211 e. The van der Waals surface area contributed by atoms with Crippen molar-refractivity contribution in [3.63, 3.8) is 0 Å². The van der Waals surface area contributed by atoms with E-state index in [1.807, 2.05) is 35.9 Å². The number of hydrogen-bond donors (Lipinski definition) is 1. The summed E-state index contributed by atoms with van der Waals surface area (Å²) in [5.41, 5.74) is 1.98. The Bertz CT molecular complexity index is 960. The normalized spacial score (nSPS) is 12.2. The van der Waals surface area contributed by atoms with Gasteiger partial charge in [0, 0.05) is 7.05 Å². The maximum absolute atomic E-state index is 8.84. The number of methoxy groups -OCH3 is 1. The molecule has 6 nitrogen and oxygen atoms in total. The summed E-state index contributed by atoms with van der Waals surface area (Å²) >= 11 is 1.59. The Morgan fingerprint density at radius 2 is 2.04 bits per heavy atom. The minimum Gasteiger partial charge on any atom is -0.493 e. The molecule has 0 fully saturated rings. The first-order chi connectivity index (χ1) is 12.2. The molecule has 3 aromatic rings. The SMILES string of the molecule is COc1cc(/C=N\N=c2\sc3ccccc3n2C)ccc1OCCO. The first-order valence-corrected chi connectivity index (χ1v) is 8.58. The molecule has 3 rings (SSSR count). The second-order valence-corrected chi connectivity index (χ2v) is 6.25. The highest BCUT2D eigenvalue weighted by atomic mass is 32.1. The molecule has 0 unspecified atom stereocenters. The van der Waals surface area contributed by atoms with Crippen LogP contribution < -0.4 is 14.3 Å². The highest BCUT2D eigenvalue weighted by molar-refractivity contribution is 7.16. The van der Waals surface area contributed by atoms with Crippen LogP contribution in [0.1, 0.15) is 5.56 Å². The van der Waals surface area contributed by atoms with E-state index in [-0.39, 0.29) is 13.2 Å². The Morgan fingerprint density at radius 1 is 1.20 bits per heavy atom. The Balaban J connectivity index is 1.84. The molecule has 1 N–H and O–H groups in total. The molecule has 0 atom stereocenters. The molecule has 1 aromatic heterocycles. The van der Waals surface area contributed by atoms with Crippen molar-refractivity contribution in [3.8, 4) is 11.5 Å². The molecule has 0 radical (unpaired) electrons. The first kappa shape index (κ1) is 17.2. The minimum absolute atomic E-state index is 0.0442. The number of aliphatic hydroxyl groups is 1. The fourth-order valence-electron chi connectivity index (χ4n) is 2.36. The highest BCUT2D eigenvalue weighted by Gasteiger charge is 2.05. The molecule has 2 aromatic carbocycles. The third kappa shape index (κ3) is 3.89. The second kappa shape index (κ2) is 7.96. The number of hydrogen-bond acceptors (Lipinski definition) is 6. The van der Waals surface area contributed by atoms with E-state index in [1.165, 1.54) is 4.70 Å². The Hall–Kier alpha value is -2.64. The average molecular weight is 357 g/mol. The zero-order valence-corrected chi connectivity index (χ0v) is 14.9. The maximum Gasteiger partial charge on any atom is 0.211 e. The van der Waals surface area contributed by atoms with E-state index in [1.54, 1.807) is 30.7 Å². The molecule has 0 saturated heterocycles. The number of thiazole rings is 1. The Labute approximate surface area is 149 Å². The van der Waals surface area contributed by atoms with E-state index in [2.05, 4.69) is 22.3 Å². The van der Waals surface area contributed by atoms with Crippen LogP contribution >= 0.6 is 11.3 Å². The lowest BCUT2D eigenvalue weighted by Crippen LogP contribution is -2.08. The molecule has 0 aliphatic heterocycles. The van der Waals surface area contributed by atoms with Crippen molar-refractivity contribution in [2.75, 3.05) is 20.3 Å². The molecule has 130 valence electrons. The Kier molecular flexibility index (Phi) is 5.47. The van der Waals surface area contributed by atoms with Crippen LogP contribution in [0.5, 0.6) is 11.5 Å². The lowest BCUT2D eigenvalue weighted by Gasteiger charge is -2.09. The number of aromatic nitrogens is 1. The molecule has 25 heavy (non-hydrogen) atoms. The predicted molar refractivity (Wildman–Crippen MR) is 99.5 cm³/mol. The van der Waals surface area contributed by atoms with Gasteiger partial charge in [0.25, 0.3) is 0 Å². The number of fused-ring (bicyclic) bond motifs is 1. The van der Waals surface area contributed by atoms with Crippen molar-refractivity contribution in [2.24, 2.45) is 17.3 Å². The minimum atomic E-state index is -0.0442. The van der Waals surface area contributed by atoms with E-state index in [4.69, 9.17) is 14.6 Å². The van der Waals surface area contributed by atoms with Crippen LogP contribution in [0, 0.1) is 0 Å². The van der Waals surface area contributed by atoms with Gasteiger partial charge in [-0.25, -0.2) is 0 Å². The summed E-state index contributed by atoms with van der Waals surface area (Å²) in [7, 11) is 3.55. The van der Waals surface area contributed by atoms with Gasteiger partial charge in [0.15, 0.2) is 11.5 Å². The molecule has 0 saturated carbocycles. The Morgan fingerprint density at radius 3 is 2.80 bits per heavy atom. The summed E-state index contributed by atoms with van der Waals surface area (Å²) in [6, 6.07) is 13.6. The monoisotopic (exact) mass is 357 g/mol. The number of benzene rings is 2. The zero-order chi connectivity index (χ0) is 17.6. The fourth-order valence-corrected chi connectivity index (χ4v) is 3.34. The quantitative estimate of drug-likeness (QED) is 0.544. The molecular formula is C18H19N3O3S. The molecule has 0 aliphatic carbocycles. The van der Waals surface area contributed by atoms with Gasteiger partial charge in [0.1, 0.15) is 6.61 Å². The third-order valence-electron chi connectivity index (χ3n) is 3.60. The number of nitrogens with zero attached hydrogens (tertiary/aromatic N) is 3. The van der Waals surface area contributed by atoms with Crippen LogP contribution in [0.4, 0.5) is 0 Å². The van der Waals surface area contributed by atoms with Gasteiger partial charge in [0.05, 0.1) is 30.1 Å². The van der Waals surface area contributed by atoms with Gasteiger partial charge in [-0.3, -0.25) is 0 Å². The van der Waals surface area contributed by atoms with Crippen molar-refractivity contribution in [1.29, 1.82) is 0 Å². The van der Waals surface area contributed by atoms with Gasteiger partial charge in [-0.1, -0.05) is 23.5 Å². The average Bonchev–Trinajstić information content (AvgIpc) is 2.96. The molecule has 0 bridgehead atoms. The van der Waals surface area contributed by atoms with Gasteiger partial charge in [0.2, 0.25) is 4.80 Å². The van der Waals surface area contributed by atoms with E-state index >= 15 is 0 Å². The molecule has 0 amide bonds. The van der Waals surface area contributed by atoms with Crippen LogP contribution in [-0.2, 0) is 7.05 Å². The van der Waals surface area contributed by atoms with Crippen LogP contribution in [0.15, 0.2) is 52.7 Å². The maximum atomic E-state index is 8.84. The van der Waals surface area contributed by atoms with E-state index in [0.717, 1.165) is 15.9 Å². The summed E-state index contributed by atoms with van der Waals surface area (Å²) in [6.45, 7) is 0.180. The van der Waals surface area contributed by atoms with Gasteiger partial charge >= 0.3 is 0 Å². The fraction of sp³-hybridized carbons (Fsp3) is 0.222. The molecule has 0 aliphatic rings. The van der Waals surface area contributed by atoms with Gasteiger partial charge < -0.3 is 19.1 Å². The van der Waals surface area contributed by atoms with E-state index in [0.29, 0.717) is 11.5 Å². The van der Waals surface area contributed by atoms with Crippen LogP contribution in [0.25, 0.3) is 10.2 Å². The van der Waals surface area contributed by atoms with Crippen molar-refractivity contribution < 1.29 is 14.6 Å². The molecule has 1 heterocycles. The first-order valence-electron chi connectivity index (χ1n) is 7.76. The number of ether oxygens (including phenoxy) is 2. The molecule has 7 heteroatoms. The number of aryl methyl sites for hydroxylation is 1. The van der Waals surface area contributed by atoms with E-state index in [9.17, 15) is 0 Å². The van der Waals surface area contributed by atoms with E-state index < -0.39 is 0 Å². The number of aliphatic hydroxyl groups excluding tert-OH is 1. The molecule has 0 spiro atoms. The summed E-state index contributed by atoms with van der Waals surface area (Å²) in [5.74, 6) is 1.17. The van der Waals surface area contributed by atoms with Crippen LogP contribution in [0.2, 0.25) is 0 Å². The highest BCUT2D eigenvalue weighted by Crippen LogP contribution is 2.27. The van der Waals surface area contributed by atoms with Crippen molar-refractivity contribution in [1.82, 2.24) is 4.57 Å². The molecular weight excluding hydrogens is 338 g/mol. The van der Waals surface area contributed by atoms with Crippen LogP contribution in [0.3, 0.4) is 0 Å². The van der Waals surface area contributed by atoms with Gasteiger partial charge in [-0.2, -0.15) is 5.10 Å². The summed E-state index contributed by atoms with van der Waals surface area (Å²) < 4.78 is 13.9. The van der Waals surface area contributed by atoms with Crippen molar-refractivity contribution in [2.45, 2.75) is 0 Å². The summed E-state index contributed by atoms with van der Waals surface area (Å²) in [4.78, 5) is 0.826. The standard InChI is InChI=1S/C18H19N3O3S/c1-21-14-5-3-4-6-17(14)25-18(21)20-19-12-13-7-8-15(24-10-9-22)16(11-13)23-2/h3-8,11-12,22H,9-10H2,1-2H3/b19-12-,20-18+. The number of para-hydroxylation sites is 1. The lowest BCUT2D eigenvalue weighted by molar-refractivity contribution is 0.196.